The molecule has 3 aliphatic heterocycles. The number of benzene rings is 1. The van der Waals surface area contributed by atoms with Crippen LogP contribution in [-0.4, -0.2) is 85.2 Å². The van der Waals surface area contributed by atoms with E-state index < -0.39 is 36.7 Å². The molecule has 3 aliphatic rings. The van der Waals surface area contributed by atoms with E-state index in [2.05, 4.69) is 25.7 Å². The van der Waals surface area contributed by atoms with Crippen molar-refractivity contribution in [1.82, 2.24) is 19.5 Å². The summed E-state index contributed by atoms with van der Waals surface area (Å²) in [6.45, 7) is 2.72. The van der Waals surface area contributed by atoms with Crippen LogP contribution in [0.15, 0.2) is 46.0 Å². The zero-order valence-corrected chi connectivity index (χ0v) is 19.5. The average Bonchev–Trinajstić information content (AvgIpc) is 3.68. The molecule has 1 aromatic carbocycles. The van der Waals surface area contributed by atoms with Gasteiger partial charge in [0.05, 0.1) is 31.8 Å². The first-order valence-corrected chi connectivity index (χ1v) is 11.8. The summed E-state index contributed by atoms with van der Waals surface area (Å²) in [5, 5.41) is 46.3. The number of rotatable bonds is 6. The lowest BCUT2D eigenvalue weighted by Crippen LogP contribution is -2.33. The molecule has 6 atom stereocenters. The van der Waals surface area contributed by atoms with Gasteiger partial charge in [0.2, 0.25) is 5.54 Å². The van der Waals surface area contributed by atoms with Gasteiger partial charge >= 0.3 is 0 Å². The molecule has 2 fully saturated rings. The van der Waals surface area contributed by atoms with Crippen molar-refractivity contribution in [3.8, 4) is 0 Å². The van der Waals surface area contributed by atoms with E-state index in [0.29, 0.717) is 36.0 Å². The van der Waals surface area contributed by atoms with Crippen molar-refractivity contribution in [2.75, 3.05) is 25.1 Å². The molecule has 5 heterocycles. The fraction of sp³-hybridized carbons (Fsp3) is 0.478. The molecule has 36 heavy (non-hydrogen) atoms. The second-order valence-corrected chi connectivity index (χ2v) is 9.22. The van der Waals surface area contributed by atoms with Crippen LogP contribution in [-0.2, 0) is 15.0 Å². The number of fused-ring (bicyclic) bond motifs is 1. The lowest BCUT2D eigenvalue weighted by Gasteiger charge is -2.23. The first kappa shape index (κ1) is 23.1. The van der Waals surface area contributed by atoms with Crippen LogP contribution in [0.5, 0.6) is 0 Å². The minimum Gasteiger partial charge on any atom is -0.394 e. The van der Waals surface area contributed by atoms with Crippen molar-refractivity contribution in [1.29, 1.82) is 0 Å². The van der Waals surface area contributed by atoms with Crippen molar-refractivity contribution in [2.24, 2.45) is 15.4 Å². The zero-order chi connectivity index (χ0) is 24.9. The van der Waals surface area contributed by atoms with E-state index in [-0.39, 0.29) is 6.04 Å². The van der Waals surface area contributed by atoms with Crippen LogP contribution in [0.1, 0.15) is 29.6 Å². The Balaban J connectivity index is 1.52. The Kier molecular flexibility index (Phi) is 5.73. The number of anilines is 1. The van der Waals surface area contributed by atoms with Gasteiger partial charge in [0.15, 0.2) is 29.0 Å². The van der Waals surface area contributed by atoms with E-state index in [4.69, 9.17) is 19.4 Å². The second kappa shape index (κ2) is 8.94. The molecule has 0 spiro atoms. The Bertz CT molecular complexity index is 1310. The molecule has 2 aromatic heterocycles. The smallest absolute Gasteiger partial charge is 0.205 e. The van der Waals surface area contributed by atoms with E-state index in [0.717, 1.165) is 17.5 Å². The summed E-state index contributed by atoms with van der Waals surface area (Å²) in [6.07, 6.45) is -0.635. The quantitative estimate of drug-likeness (QED) is 0.384. The SMILES string of the molecule is Cc1ccc(C2(c3nc(NC4CCOC4)c4ncn([C@@H]5O[C@H](CO)[C@@H](O)[C@H]5O)c4n3)C=NN=N2)cc1. The Morgan fingerprint density at radius 3 is 2.67 bits per heavy atom. The Morgan fingerprint density at radius 1 is 1.17 bits per heavy atom. The number of nitrogens with zero attached hydrogens (tertiary/aromatic N) is 7. The van der Waals surface area contributed by atoms with Crippen LogP contribution in [0.2, 0.25) is 0 Å². The van der Waals surface area contributed by atoms with Crippen molar-refractivity contribution in [2.45, 2.75) is 49.5 Å². The predicted octanol–water partition coefficient (Wildman–Crippen LogP) is 0.642. The maximum Gasteiger partial charge on any atom is 0.205 e. The lowest BCUT2D eigenvalue weighted by molar-refractivity contribution is -0.0511. The molecule has 2 unspecified atom stereocenters. The fourth-order valence-electron chi connectivity index (χ4n) is 4.73. The maximum absolute atomic E-state index is 10.7. The van der Waals surface area contributed by atoms with Gasteiger partial charge in [-0.2, -0.15) is 0 Å². The molecule has 0 amide bonds. The van der Waals surface area contributed by atoms with E-state index in [1.165, 1.54) is 10.9 Å². The van der Waals surface area contributed by atoms with Gasteiger partial charge in [0.1, 0.15) is 18.3 Å². The Morgan fingerprint density at radius 2 is 2.00 bits per heavy atom. The molecule has 0 aliphatic carbocycles. The van der Waals surface area contributed by atoms with Crippen LogP contribution < -0.4 is 5.32 Å². The summed E-state index contributed by atoms with van der Waals surface area (Å²) >= 11 is 0. The number of aromatic nitrogens is 4. The number of hydrogen-bond acceptors (Lipinski definition) is 12. The van der Waals surface area contributed by atoms with Crippen LogP contribution >= 0.6 is 0 Å². The minimum absolute atomic E-state index is 0.0317. The van der Waals surface area contributed by atoms with Crippen LogP contribution in [0.4, 0.5) is 5.82 Å². The maximum atomic E-state index is 10.7. The molecule has 6 rings (SSSR count). The topological polar surface area (TPSA) is 172 Å². The third kappa shape index (κ3) is 3.67. The van der Waals surface area contributed by atoms with Crippen molar-refractivity contribution < 1.29 is 24.8 Å². The molecule has 13 nitrogen and oxygen atoms in total. The molecule has 13 heteroatoms. The van der Waals surface area contributed by atoms with Gasteiger partial charge in [0, 0.05) is 6.61 Å². The number of ether oxygens (including phenoxy) is 2. The molecule has 2 saturated heterocycles. The fourth-order valence-corrected chi connectivity index (χ4v) is 4.73. The summed E-state index contributed by atoms with van der Waals surface area (Å²) < 4.78 is 12.8. The molecule has 0 bridgehead atoms. The molecular formula is C23H26N8O5. The van der Waals surface area contributed by atoms with Gasteiger partial charge in [-0.3, -0.25) is 4.57 Å². The van der Waals surface area contributed by atoms with Gasteiger partial charge in [0.25, 0.3) is 0 Å². The van der Waals surface area contributed by atoms with Gasteiger partial charge in [-0.1, -0.05) is 29.8 Å². The number of hydrogen-bond donors (Lipinski definition) is 4. The first-order chi connectivity index (χ1) is 17.5. The van der Waals surface area contributed by atoms with Gasteiger partial charge < -0.3 is 30.1 Å². The third-order valence-corrected chi connectivity index (χ3v) is 6.81. The predicted molar refractivity (Wildman–Crippen MR) is 126 cm³/mol. The normalized spacial score (nSPS) is 31.6. The van der Waals surface area contributed by atoms with E-state index in [9.17, 15) is 15.3 Å². The number of aliphatic hydroxyl groups excluding tert-OH is 3. The highest BCUT2D eigenvalue weighted by Gasteiger charge is 2.45. The van der Waals surface area contributed by atoms with Gasteiger partial charge in [-0.05, 0) is 24.1 Å². The lowest BCUT2D eigenvalue weighted by atomic mass is 9.90. The minimum atomic E-state index is -1.30. The summed E-state index contributed by atoms with van der Waals surface area (Å²) in [5.41, 5.74) is 1.52. The molecule has 188 valence electrons. The summed E-state index contributed by atoms with van der Waals surface area (Å²) in [7, 11) is 0. The second-order valence-electron chi connectivity index (χ2n) is 9.22. The van der Waals surface area contributed by atoms with Crippen molar-refractivity contribution >= 4 is 23.2 Å². The number of aliphatic hydroxyl groups is 3. The molecule has 3 aromatic rings. The monoisotopic (exact) mass is 494 g/mol. The number of nitrogens with one attached hydrogen (secondary N) is 1. The largest absolute Gasteiger partial charge is 0.394 e. The van der Waals surface area contributed by atoms with E-state index >= 15 is 0 Å². The highest BCUT2D eigenvalue weighted by atomic mass is 16.6. The first-order valence-electron chi connectivity index (χ1n) is 11.8. The van der Waals surface area contributed by atoms with Crippen LogP contribution in [0.3, 0.4) is 0 Å². The highest BCUT2D eigenvalue weighted by Crippen LogP contribution is 2.37. The molecular weight excluding hydrogens is 468 g/mol. The molecule has 0 saturated carbocycles. The van der Waals surface area contributed by atoms with E-state index in [1.807, 2.05) is 31.2 Å². The number of aryl methyl sites for hydroxylation is 1. The van der Waals surface area contributed by atoms with Gasteiger partial charge in [-0.25, -0.2) is 15.0 Å². The Labute approximate surface area is 205 Å². The standard InChI is InChI=1S/C23H26N8O5/c1-12-2-4-13(5-3-12)23(10-25-30-29-23)22-27-19(26-14-6-7-35-9-14)16-20(28-22)31(11-24-16)21-18(34)17(33)15(8-32)36-21/h2-5,10-11,14-15,17-18,21,32-34H,6-9H2,1H3,(H,26,27,28)/t14?,15-,17-,18-,21-,23?/m1/s1. The zero-order valence-electron chi connectivity index (χ0n) is 19.5. The molecule has 4 N–H and O–H groups in total. The summed E-state index contributed by atoms with van der Waals surface area (Å²) in [6, 6.07) is 7.83. The number of imidazole rings is 1. The summed E-state index contributed by atoms with van der Waals surface area (Å²) in [5.74, 6) is 0.775. The molecule has 0 radical (unpaired) electrons. The summed E-state index contributed by atoms with van der Waals surface area (Å²) in [4.78, 5) is 14.1. The van der Waals surface area contributed by atoms with Crippen molar-refractivity contribution in [3.63, 3.8) is 0 Å². The van der Waals surface area contributed by atoms with Crippen LogP contribution in [0, 0.1) is 6.92 Å². The average molecular weight is 495 g/mol. The van der Waals surface area contributed by atoms with E-state index in [1.54, 1.807) is 6.21 Å². The highest BCUT2D eigenvalue weighted by molar-refractivity contribution is 5.85. The van der Waals surface area contributed by atoms with Crippen molar-refractivity contribution in [3.05, 3.63) is 47.5 Å². The van der Waals surface area contributed by atoms with Gasteiger partial charge in [-0.15, -0.1) is 10.2 Å². The van der Waals surface area contributed by atoms with Crippen LogP contribution in [0.25, 0.3) is 11.2 Å². The Hall–Kier alpha value is -3.36. The third-order valence-electron chi connectivity index (χ3n) is 6.81.